The second-order valence-corrected chi connectivity index (χ2v) is 4.74. The third kappa shape index (κ3) is 3.58. The minimum atomic E-state index is -0.296. The van der Waals surface area contributed by atoms with E-state index in [1.165, 1.54) is 18.2 Å². The molecule has 1 N–H and O–H groups in total. The minimum Gasteiger partial charge on any atom is -0.341 e. The van der Waals surface area contributed by atoms with E-state index in [-0.39, 0.29) is 11.6 Å². The lowest BCUT2D eigenvalue weighted by Gasteiger charge is -2.26. The molecule has 2 nitrogen and oxygen atoms in total. The molecule has 0 aliphatic rings. The van der Waals surface area contributed by atoms with Gasteiger partial charge in [-0.15, -0.1) is 0 Å². The van der Waals surface area contributed by atoms with Crippen molar-refractivity contribution in [2.45, 2.75) is 20.4 Å². The zero-order valence-corrected chi connectivity index (χ0v) is 12.4. The molecule has 0 saturated heterocycles. The summed E-state index contributed by atoms with van der Waals surface area (Å²) in [5.41, 5.74) is 2.09. The fourth-order valence-electron chi connectivity index (χ4n) is 2.36. The molecule has 0 aliphatic carbocycles. The Morgan fingerprint density at radius 1 is 1.05 bits per heavy atom. The summed E-state index contributed by atoms with van der Waals surface area (Å²) < 4.78 is 27.6. The van der Waals surface area contributed by atoms with Crippen molar-refractivity contribution in [1.82, 2.24) is 5.32 Å². The zero-order valence-electron chi connectivity index (χ0n) is 12.4. The first-order valence-corrected chi connectivity index (χ1v) is 7.18. The molecular weight excluding hydrogens is 270 g/mol. The first-order chi connectivity index (χ1) is 10.2. The summed E-state index contributed by atoms with van der Waals surface area (Å²) in [6.45, 7) is 5.79. The Bertz CT molecular complexity index is 599. The van der Waals surface area contributed by atoms with E-state index < -0.39 is 0 Å². The van der Waals surface area contributed by atoms with E-state index in [0.717, 1.165) is 17.9 Å². The number of nitrogens with zero attached hydrogens (tertiary/aromatic N) is 1. The van der Waals surface area contributed by atoms with E-state index in [2.05, 4.69) is 5.32 Å². The third-order valence-corrected chi connectivity index (χ3v) is 3.37. The highest BCUT2D eigenvalue weighted by atomic mass is 19.1. The van der Waals surface area contributed by atoms with Gasteiger partial charge in [0.1, 0.15) is 11.6 Å². The Morgan fingerprint density at radius 3 is 2.48 bits per heavy atom. The Kier molecular flexibility index (Phi) is 5.28. The van der Waals surface area contributed by atoms with Crippen molar-refractivity contribution in [3.05, 3.63) is 59.7 Å². The van der Waals surface area contributed by atoms with Crippen molar-refractivity contribution in [2.75, 3.05) is 18.0 Å². The number of nitrogens with one attached hydrogen (secondary N) is 1. The lowest BCUT2D eigenvalue weighted by molar-refractivity contribution is 0.593. The molecule has 0 bridgehead atoms. The summed E-state index contributed by atoms with van der Waals surface area (Å²) in [7, 11) is 0. The SMILES string of the molecule is CCNCc1c(F)cccc1N(CC)c1cccc(F)c1. The Balaban J connectivity index is 2.44. The fourth-order valence-corrected chi connectivity index (χ4v) is 2.36. The van der Waals surface area contributed by atoms with Crippen LogP contribution in [0, 0.1) is 11.6 Å². The summed E-state index contributed by atoms with van der Waals surface area (Å²) in [4.78, 5) is 1.92. The maximum Gasteiger partial charge on any atom is 0.129 e. The van der Waals surface area contributed by atoms with Gasteiger partial charge in [-0.2, -0.15) is 0 Å². The van der Waals surface area contributed by atoms with Crippen LogP contribution in [0.15, 0.2) is 42.5 Å². The van der Waals surface area contributed by atoms with Gasteiger partial charge in [0.05, 0.1) is 0 Å². The summed E-state index contributed by atoms with van der Waals surface area (Å²) in [6, 6.07) is 11.4. The smallest absolute Gasteiger partial charge is 0.129 e. The van der Waals surface area contributed by atoms with Gasteiger partial charge in [-0.3, -0.25) is 0 Å². The normalized spacial score (nSPS) is 10.7. The van der Waals surface area contributed by atoms with Crippen LogP contribution in [0.1, 0.15) is 19.4 Å². The van der Waals surface area contributed by atoms with Gasteiger partial charge in [-0.05, 0) is 43.8 Å². The van der Waals surface area contributed by atoms with E-state index in [4.69, 9.17) is 0 Å². The molecule has 21 heavy (non-hydrogen) atoms. The average Bonchev–Trinajstić information content (AvgIpc) is 2.47. The molecule has 112 valence electrons. The molecule has 2 aromatic rings. The van der Waals surface area contributed by atoms with Gasteiger partial charge in [-0.25, -0.2) is 8.78 Å². The number of benzene rings is 2. The molecule has 2 aromatic carbocycles. The number of anilines is 2. The molecular formula is C17H20F2N2. The molecule has 0 fully saturated rings. The maximum atomic E-state index is 14.1. The van der Waals surface area contributed by atoms with Crippen LogP contribution in [0.5, 0.6) is 0 Å². The molecule has 0 spiro atoms. The van der Waals surface area contributed by atoms with Crippen LogP contribution in [-0.4, -0.2) is 13.1 Å². The van der Waals surface area contributed by atoms with Crippen LogP contribution >= 0.6 is 0 Å². The quantitative estimate of drug-likeness (QED) is 0.856. The van der Waals surface area contributed by atoms with Crippen LogP contribution in [0.2, 0.25) is 0 Å². The van der Waals surface area contributed by atoms with Crippen molar-refractivity contribution < 1.29 is 8.78 Å². The molecule has 4 heteroatoms. The monoisotopic (exact) mass is 290 g/mol. The van der Waals surface area contributed by atoms with Crippen molar-refractivity contribution in [3.8, 4) is 0 Å². The van der Waals surface area contributed by atoms with Gasteiger partial charge in [0.15, 0.2) is 0 Å². The van der Waals surface area contributed by atoms with Gasteiger partial charge in [0.25, 0.3) is 0 Å². The zero-order chi connectivity index (χ0) is 15.2. The van der Waals surface area contributed by atoms with Gasteiger partial charge in [-0.1, -0.05) is 19.1 Å². The van der Waals surface area contributed by atoms with E-state index in [9.17, 15) is 8.78 Å². The lowest BCUT2D eigenvalue weighted by atomic mass is 10.1. The topological polar surface area (TPSA) is 15.3 Å². The first kappa shape index (κ1) is 15.4. The van der Waals surface area contributed by atoms with E-state index in [1.54, 1.807) is 12.1 Å². The van der Waals surface area contributed by atoms with Gasteiger partial charge in [0.2, 0.25) is 0 Å². The highest BCUT2D eigenvalue weighted by Gasteiger charge is 2.15. The Hall–Kier alpha value is -1.94. The number of rotatable bonds is 6. The van der Waals surface area contributed by atoms with Crippen molar-refractivity contribution in [1.29, 1.82) is 0 Å². The number of hydrogen-bond acceptors (Lipinski definition) is 2. The summed E-state index contributed by atoms with van der Waals surface area (Å²) in [6.07, 6.45) is 0. The van der Waals surface area contributed by atoms with Crippen LogP contribution in [0.4, 0.5) is 20.2 Å². The lowest BCUT2D eigenvalue weighted by Crippen LogP contribution is -2.21. The summed E-state index contributed by atoms with van der Waals surface area (Å²) >= 11 is 0. The average molecular weight is 290 g/mol. The molecule has 0 atom stereocenters. The largest absolute Gasteiger partial charge is 0.341 e. The second-order valence-electron chi connectivity index (χ2n) is 4.74. The Labute approximate surface area is 124 Å². The predicted molar refractivity (Wildman–Crippen MR) is 82.9 cm³/mol. The molecule has 0 radical (unpaired) electrons. The highest BCUT2D eigenvalue weighted by molar-refractivity contribution is 5.66. The summed E-state index contributed by atoms with van der Waals surface area (Å²) in [5, 5.41) is 3.15. The van der Waals surface area contributed by atoms with Crippen molar-refractivity contribution >= 4 is 11.4 Å². The van der Waals surface area contributed by atoms with Gasteiger partial charge in [0, 0.05) is 30.0 Å². The Morgan fingerprint density at radius 2 is 1.81 bits per heavy atom. The van der Waals surface area contributed by atoms with Crippen LogP contribution in [-0.2, 0) is 6.54 Å². The van der Waals surface area contributed by atoms with Crippen LogP contribution in [0.3, 0.4) is 0 Å². The van der Waals surface area contributed by atoms with E-state index in [1.807, 2.05) is 30.9 Å². The standard InChI is InChI=1S/C17H20F2N2/c1-3-20-12-15-16(19)9-6-10-17(15)21(4-2)14-8-5-7-13(18)11-14/h5-11,20H,3-4,12H2,1-2H3. The molecule has 0 aliphatic heterocycles. The molecule has 0 saturated carbocycles. The molecule has 2 rings (SSSR count). The van der Waals surface area contributed by atoms with Gasteiger partial charge < -0.3 is 10.2 Å². The highest BCUT2D eigenvalue weighted by Crippen LogP contribution is 2.30. The predicted octanol–water partition coefficient (Wildman–Crippen LogP) is 4.23. The number of hydrogen-bond donors (Lipinski definition) is 1. The van der Waals surface area contributed by atoms with Crippen molar-refractivity contribution in [2.24, 2.45) is 0 Å². The maximum absolute atomic E-state index is 14.1. The first-order valence-electron chi connectivity index (χ1n) is 7.18. The fraction of sp³-hybridized carbons (Fsp3) is 0.294. The molecule has 0 heterocycles. The molecule has 0 aromatic heterocycles. The second kappa shape index (κ2) is 7.18. The molecule has 0 unspecified atom stereocenters. The van der Waals surface area contributed by atoms with E-state index >= 15 is 0 Å². The molecule has 0 amide bonds. The van der Waals surface area contributed by atoms with Crippen LogP contribution < -0.4 is 10.2 Å². The number of halogens is 2. The summed E-state index contributed by atoms with van der Waals surface area (Å²) in [5.74, 6) is -0.543. The van der Waals surface area contributed by atoms with E-state index in [0.29, 0.717) is 18.7 Å². The van der Waals surface area contributed by atoms with Crippen LogP contribution in [0.25, 0.3) is 0 Å². The minimum absolute atomic E-state index is 0.247. The van der Waals surface area contributed by atoms with Gasteiger partial charge >= 0.3 is 0 Å². The van der Waals surface area contributed by atoms with Crippen molar-refractivity contribution in [3.63, 3.8) is 0 Å². The third-order valence-electron chi connectivity index (χ3n) is 3.37.